The second kappa shape index (κ2) is 5.51. The molecule has 0 aliphatic heterocycles. The zero-order valence-corrected chi connectivity index (χ0v) is 6.27. The van der Waals surface area contributed by atoms with Crippen LogP contribution >= 0.6 is 0 Å². The van der Waals surface area contributed by atoms with Crippen molar-refractivity contribution in [2.75, 3.05) is 6.54 Å². The molecule has 0 aliphatic rings. The van der Waals surface area contributed by atoms with E-state index in [2.05, 4.69) is 0 Å². The molecule has 0 aromatic heterocycles. The first kappa shape index (κ1) is 13.5. The first-order valence-electron chi connectivity index (χ1n) is 2.64. The summed E-state index contributed by atoms with van der Waals surface area (Å²) in [5.41, 5.74) is 0. The van der Waals surface area contributed by atoms with Crippen molar-refractivity contribution in [3.63, 3.8) is 0 Å². The summed E-state index contributed by atoms with van der Waals surface area (Å²) in [5, 5.41) is 0. The average Bonchev–Trinajstić information content (AvgIpc) is 1.59. The molecule has 10 heavy (non-hydrogen) atoms. The van der Waals surface area contributed by atoms with Gasteiger partial charge in [0.15, 0.2) is 0 Å². The van der Waals surface area contributed by atoms with Crippen LogP contribution in [-0.4, -0.2) is 49.1 Å². The van der Waals surface area contributed by atoms with Crippen LogP contribution in [-0.2, 0) is 10.3 Å². The molecule has 6 heteroatoms. The Morgan fingerprint density at radius 1 is 1.50 bits per heavy atom. The minimum atomic E-state index is -3.97. The first-order chi connectivity index (χ1) is 3.92. The molecule has 0 radical (unpaired) electrons. The van der Waals surface area contributed by atoms with Crippen molar-refractivity contribution in [1.29, 1.82) is 0 Å². The quantitative estimate of drug-likeness (QED) is 0.446. The summed E-state index contributed by atoms with van der Waals surface area (Å²) in [4.78, 5) is 0. The maximum atomic E-state index is 9.98. The summed E-state index contributed by atoms with van der Waals surface area (Å²) in [6.45, 7) is 3.97. The van der Waals surface area contributed by atoms with E-state index in [1.807, 2.05) is 18.6 Å². The van der Waals surface area contributed by atoms with E-state index < -0.39 is 10.3 Å². The van der Waals surface area contributed by atoms with E-state index in [1.165, 1.54) is 0 Å². The summed E-state index contributed by atoms with van der Waals surface area (Å²) >= 11 is 0. The van der Waals surface area contributed by atoms with Crippen LogP contribution in [0.4, 0.5) is 0 Å². The van der Waals surface area contributed by atoms with Gasteiger partial charge in [0, 0.05) is 6.54 Å². The van der Waals surface area contributed by atoms with Crippen molar-refractivity contribution in [2.24, 2.45) is 5.92 Å². The van der Waals surface area contributed by atoms with Crippen molar-refractivity contribution in [3.8, 4) is 0 Å². The fraction of sp³-hybridized carbons (Fsp3) is 1.00. The molecule has 0 atom stereocenters. The van der Waals surface area contributed by atoms with Gasteiger partial charge >= 0.3 is 39.9 Å². The normalized spacial score (nSPS) is 11.2. The molecule has 4 nitrogen and oxygen atoms in total. The van der Waals surface area contributed by atoms with E-state index >= 15 is 0 Å². The molecule has 2 N–H and O–H groups in total. The van der Waals surface area contributed by atoms with E-state index in [4.69, 9.17) is 4.55 Å². The molecule has 0 saturated carbocycles. The van der Waals surface area contributed by atoms with Crippen LogP contribution in [0.25, 0.3) is 0 Å². The van der Waals surface area contributed by atoms with Crippen molar-refractivity contribution >= 4 is 39.9 Å². The van der Waals surface area contributed by atoms with Crippen molar-refractivity contribution < 1.29 is 13.0 Å². The van der Waals surface area contributed by atoms with Crippen LogP contribution in [0.1, 0.15) is 13.8 Å². The Bertz CT molecular complexity index is 165. The predicted octanol–water partition coefficient (Wildman–Crippen LogP) is -0.614. The van der Waals surface area contributed by atoms with Gasteiger partial charge in [-0.1, -0.05) is 13.8 Å². The zero-order chi connectivity index (χ0) is 7.49. The third kappa shape index (κ3) is 11.6. The summed E-state index contributed by atoms with van der Waals surface area (Å²) in [6.07, 6.45) is 0. The van der Waals surface area contributed by atoms with Gasteiger partial charge in [-0.3, -0.25) is 4.55 Å². The number of hydrogen-bond donors (Lipinski definition) is 2. The molecule has 0 fully saturated rings. The Morgan fingerprint density at radius 3 is 2.00 bits per heavy atom. The van der Waals surface area contributed by atoms with Crippen LogP contribution in [0.3, 0.4) is 0 Å². The van der Waals surface area contributed by atoms with Crippen molar-refractivity contribution in [3.05, 3.63) is 0 Å². The molecule has 0 aliphatic carbocycles. The molecule has 0 rings (SSSR count). The third-order valence-corrected chi connectivity index (χ3v) is 1.21. The van der Waals surface area contributed by atoms with Gasteiger partial charge in [-0.15, -0.1) is 0 Å². The Balaban J connectivity index is 0. The van der Waals surface area contributed by atoms with Gasteiger partial charge in [-0.25, -0.2) is 0 Å². The second-order valence-electron chi connectivity index (χ2n) is 2.22. The first-order valence-corrected chi connectivity index (χ1v) is 4.08. The molecule has 0 aromatic carbocycles. The third-order valence-electron chi connectivity index (χ3n) is 0.674. The molecule has 0 heterocycles. The number of nitrogens with one attached hydrogen (secondary N) is 1. The Kier molecular flexibility index (Phi) is 7.42. The number of hydrogen-bond acceptors (Lipinski definition) is 2. The van der Waals surface area contributed by atoms with E-state index in [9.17, 15) is 8.42 Å². The summed E-state index contributed by atoms with van der Waals surface area (Å²) in [7, 11) is -3.97. The van der Waals surface area contributed by atoms with Gasteiger partial charge < -0.3 is 0 Å². The van der Waals surface area contributed by atoms with Crippen LogP contribution < -0.4 is 4.72 Å². The van der Waals surface area contributed by atoms with Gasteiger partial charge in [0.05, 0.1) is 0 Å². The monoisotopic (exact) mass is 177 g/mol. The van der Waals surface area contributed by atoms with Gasteiger partial charge in [0.25, 0.3) is 0 Å². The molecular weight excluding hydrogens is 165 g/mol. The SMILES string of the molecule is CC(C)CNS(=O)(=O)O.[NaH]. The van der Waals surface area contributed by atoms with E-state index in [1.54, 1.807) is 0 Å². The van der Waals surface area contributed by atoms with E-state index in [-0.39, 0.29) is 42.0 Å². The standard InChI is InChI=1S/C4H11NO3S.Na.H/c1-4(2)3-5-9(6,7)8;;/h4-5H,3H2,1-2H3,(H,6,7,8);;. The minimum absolute atomic E-state index is 0. The van der Waals surface area contributed by atoms with E-state index in [0.717, 1.165) is 0 Å². The fourth-order valence-electron chi connectivity index (χ4n) is 0.272. The Hall–Kier alpha value is 0.870. The maximum absolute atomic E-state index is 9.98. The second-order valence-corrected chi connectivity index (χ2v) is 3.46. The molecule has 0 unspecified atom stereocenters. The summed E-state index contributed by atoms with van der Waals surface area (Å²) in [6, 6.07) is 0. The average molecular weight is 177 g/mol. The topological polar surface area (TPSA) is 66.4 Å². The molecule has 0 saturated heterocycles. The van der Waals surface area contributed by atoms with Crippen LogP contribution in [0.5, 0.6) is 0 Å². The Labute approximate surface area is 83.6 Å². The van der Waals surface area contributed by atoms with Gasteiger partial charge in [0.2, 0.25) is 0 Å². The van der Waals surface area contributed by atoms with Crippen molar-refractivity contribution in [1.82, 2.24) is 4.72 Å². The van der Waals surface area contributed by atoms with Crippen LogP contribution in [0.2, 0.25) is 0 Å². The summed E-state index contributed by atoms with van der Waals surface area (Å²) in [5.74, 6) is 0.215. The molecule has 0 spiro atoms. The van der Waals surface area contributed by atoms with E-state index in [0.29, 0.717) is 0 Å². The Morgan fingerprint density at radius 2 is 1.90 bits per heavy atom. The zero-order valence-electron chi connectivity index (χ0n) is 5.46. The predicted molar refractivity (Wildman–Crippen MR) is 41.5 cm³/mol. The molecule has 58 valence electrons. The summed E-state index contributed by atoms with van der Waals surface area (Å²) < 4.78 is 30.0. The van der Waals surface area contributed by atoms with Gasteiger partial charge in [0.1, 0.15) is 0 Å². The van der Waals surface area contributed by atoms with Gasteiger partial charge in [-0.2, -0.15) is 13.1 Å². The van der Waals surface area contributed by atoms with Crippen molar-refractivity contribution in [2.45, 2.75) is 13.8 Å². The van der Waals surface area contributed by atoms with Crippen LogP contribution in [0, 0.1) is 5.92 Å². The molecule has 0 aromatic rings. The fourth-order valence-corrected chi connectivity index (χ4v) is 0.816. The molecular formula is C4H12NNaO3S. The molecule has 0 amide bonds. The van der Waals surface area contributed by atoms with Crippen LogP contribution in [0.15, 0.2) is 0 Å². The van der Waals surface area contributed by atoms with Gasteiger partial charge in [-0.05, 0) is 5.92 Å². The number of rotatable bonds is 3. The molecule has 0 bridgehead atoms.